The van der Waals surface area contributed by atoms with Gasteiger partial charge in [0.25, 0.3) is 17.6 Å². The van der Waals surface area contributed by atoms with E-state index in [0.717, 1.165) is 10.3 Å². The Kier molecular flexibility index (Phi) is 9.21. The molecule has 0 atom stereocenters. The van der Waals surface area contributed by atoms with Crippen LogP contribution in [0.5, 0.6) is 5.75 Å². The Morgan fingerprint density at radius 1 is 0.909 bits per heavy atom. The molecule has 0 spiro atoms. The van der Waals surface area contributed by atoms with E-state index in [1.54, 1.807) is 11.8 Å². The number of benzene rings is 2. The number of ether oxygens (including phenoxy) is 2. The Balaban J connectivity index is 1.44. The number of carbonyl (C=O) groups excluding carboxylic acids is 4. The van der Waals surface area contributed by atoms with Crippen molar-refractivity contribution in [1.29, 1.82) is 0 Å². The van der Waals surface area contributed by atoms with Gasteiger partial charge in [0, 0.05) is 57.1 Å². The van der Waals surface area contributed by atoms with Crippen molar-refractivity contribution in [2.75, 3.05) is 60.0 Å². The third-order valence-electron chi connectivity index (χ3n) is 8.34. The summed E-state index contributed by atoms with van der Waals surface area (Å²) in [6.45, 7) is 4.43. The van der Waals surface area contributed by atoms with Crippen LogP contribution >= 0.6 is 0 Å². The second kappa shape index (κ2) is 13.1. The number of hydrogen-bond donors (Lipinski definition) is 1. The van der Waals surface area contributed by atoms with Crippen LogP contribution in [0, 0.1) is 0 Å². The number of hydrogen-bond acceptors (Lipinski definition) is 9. The number of rotatable bonds is 8. The Morgan fingerprint density at radius 2 is 1.59 bits per heavy atom. The molecule has 3 aromatic rings. The average molecular weight is 607 g/mol. The standard InChI is InChI=1S/C32H38N4O8/c1-4-43-31(40)44-36-21-25(28(37)30(39)35-16-14-33(2)15-17-35)23-18-24(27(42-3)19-26(23)36)29(38)34-12-10-32(41,11-13-34)20-22-8-6-5-7-9-22/h5-9,18-19,21,41H,4,10-17,20H2,1-3H3. The van der Waals surface area contributed by atoms with Crippen LogP contribution in [0.4, 0.5) is 4.79 Å². The average Bonchev–Trinajstić information content (AvgIpc) is 3.37. The summed E-state index contributed by atoms with van der Waals surface area (Å²) in [5.41, 5.74) is 0.512. The molecule has 5 rings (SSSR count). The SMILES string of the molecule is CCOC(=O)On1cc(C(=O)C(=O)N2CCN(C)CC2)c2cc(C(=O)N3CCC(O)(Cc4ccccc4)CC3)c(OC)cc21. The number of fused-ring (bicyclic) bond motifs is 1. The number of carbonyl (C=O) groups is 4. The molecule has 0 bridgehead atoms. The summed E-state index contributed by atoms with van der Waals surface area (Å²) in [4.78, 5) is 63.4. The summed E-state index contributed by atoms with van der Waals surface area (Å²) in [5.74, 6) is -1.60. The maximum atomic E-state index is 13.8. The van der Waals surface area contributed by atoms with Crippen LogP contribution in [0.1, 0.15) is 46.0 Å². The van der Waals surface area contributed by atoms with E-state index in [9.17, 15) is 24.3 Å². The molecule has 0 unspecified atom stereocenters. The zero-order chi connectivity index (χ0) is 31.4. The molecule has 0 saturated carbocycles. The summed E-state index contributed by atoms with van der Waals surface area (Å²) in [6, 6.07) is 12.7. The van der Waals surface area contributed by atoms with Crippen LogP contribution in [0.15, 0.2) is 48.7 Å². The highest BCUT2D eigenvalue weighted by Crippen LogP contribution is 2.33. The van der Waals surface area contributed by atoms with Gasteiger partial charge in [0.1, 0.15) is 5.75 Å². The van der Waals surface area contributed by atoms with Crippen molar-refractivity contribution in [1.82, 2.24) is 19.4 Å². The lowest BCUT2D eigenvalue weighted by Gasteiger charge is -2.38. The van der Waals surface area contributed by atoms with Gasteiger partial charge in [-0.3, -0.25) is 14.4 Å². The van der Waals surface area contributed by atoms with E-state index in [4.69, 9.17) is 14.3 Å². The van der Waals surface area contributed by atoms with Gasteiger partial charge in [-0.15, -0.1) is 0 Å². The van der Waals surface area contributed by atoms with Crippen molar-refractivity contribution in [3.8, 4) is 5.75 Å². The quantitative estimate of drug-likeness (QED) is 0.233. The lowest BCUT2D eigenvalue weighted by Crippen LogP contribution is -2.49. The molecule has 2 amide bonds. The lowest BCUT2D eigenvalue weighted by atomic mass is 9.85. The number of piperidine rings is 1. The highest BCUT2D eigenvalue weighted by atomic mass is 16.8. The molecule has 234 valence electrons. The van der Waals surface area contributed by atoms with Crippen molar-refractivity contribution < 1.29 is 38.6 Å². The summed E-state index contributed by atoms with van der Waals surface area (Å²) in [5, 5.41) is 11.5. The highest BCUT2D eigenvalue weighted by molar-refractivity contribution is 6.45. The van der Waals surface area contributed by atoms with Crippen LogP contribution in [0.2, 0.25) is 0 Å². The van der Waals surface area contributed by atoms with Gasteiger partial charge in [-0.25, -0.2) is 4.79 Å². The zero-order valence-electron chi connectivity index (χ0n) is 25.3. The number of likely N-dealkylation sites (tertiary alicyclic amines) is 1. The van der Waals surface area contributed by atoms with E-state index in [1.165, 1.54) is 30.3 Å². The minimum absolute atomic E-state index is 0.0131. The number of Topliss-reactive ketones (excluding diaryl/α,β-unsaturated/α-hetero) is 1. The first-order valence-electron chi connectivity index (χ1n) is 14.8. The monoisotopic (exact) mass is 606 g/mol. The van der Waals surface area contributed by atoms with Crippen molar-refractivity contribution in [3.05, 3.63) is 65.4 Å². The summed E-state index contributed by atoms with van der Waals surface area (Å²) in [7, 11) is 3.36. The number of ketones is 1. The molecule has 0 radical (unpaired) electrons. The first kappa shape index (κ1) is 31.0. The van der Waals surface area contributed by atoms with Crippen molar-refractivity contribution in [3.63, 3.8) is 0 Å². The first-order valence-corrected chi connectivity index (χ1v) is 14.8. The second-order valence-corrected chi connectivity index (χ2v) is 11.3. The number of likely N-dealkylation sites (N-methyl/N-ethyl adjacent to an activating group) is 1. The minimum Gasteiger partial charge on any atom is -0.496 e. The van der Waals surface area contributed by atoms with Crippen LogP contribution in [0.3, 0.4) is 0 Å². The van der Waals surface area contributed by atoms with Gasteiger partial charge >= 0.3 is 6.16 Å². The van der Waals surface area contributed by atoms with Gasteiger partial charge in [-0.1, -0.05) is 30.3 Å². The summed E-state index contributed by atoms with van der Waals surface area (Å²) < 4.78 is 11.5. The third kappa shape index (κ3) is 6.56. The number of aromatic nitrogens is 1. The van der Waals surface area contributed by atoms with Crippen LogP contribution < -0.4 is 9.57 Å². The normalized spacial score (nSPS) is 16.9. The molecule has 12 heteroatoms. The fourth-order valence-electron chi connectivity index (χ4n) is 5.76. The Hall–Kier alpha value is -4.42. The predicted molar refractivity (Wildman–Crippen MR) is 161 cm³/mol. The molecule has 44 heavy (non-hydrogen) atoms. The van der Waals surface area contributed by atoms with E-state index in [2.05, 4.69) is 4.90 Å². The van der Waals surface area contributed by atoms with Gasteiger partial charge in [0.15, 0.2) is 0 Å². The molecule has 2 fully saturated rings. The minimum atomic E-state index is -0.996. The molecule has 2 aliphatic heterocycles. The predicted octanol–water partition coefficient (Wildman–Crippen LogP) is 2.40. The number of nitrogens with zero attached hydrogens (tertiary/aromatic N) is 4. The molecule has 3 heterocycles. The molecule has 0 aliphatic carbocycles. The molecule has 2 aliphatic rings. The largest absolute Gasteiger partial charge is 0.533 e. The molecular weight excluding hydrogens is 568 g/mol. The van der Waals surface area contributed by atoms with Gasteiger partial charge in [-0.05, 0) is 38.4 Å². The fraction of sp³-hybridized carbons (Fsp3) is 0.438. The number of methoxy groups -OCH3 is 1. The smallest absolute Gasteiger partial charge is 0.496 e. The van der Waals surface area contributed by atoms with E-state index in [0.29, 0.717) is 58.5 Å². The fourth-order valence-corrected chi connectivity index (χ4v) is 5.76. The molecule has 1 N–H and O–H groups in total. The van der Waals surface area contributed by atoms with Crippen molar-refractivity contribution in [2.45, 2.75) is 31.8 Å². The Labute approximate surface area is 255 Å². The third-order valence-corrected chi connectivity index (χ3v) is 8.34. The molecular formula is C32H38N4O8. The number of piperazine rings is 1. The number of amides is 2. The van der Waals surface area contributed by atoms with E-state index < -0.39 is 23.4 Å². The van der Waals surface area contributed by atoms with Gasteiger partial charge in [0.05, 0.1) is 42.2 Å². The van der Waals surface area contributed by atoms with Crippen molar-refractivity contribution >= 4 is 34.7 Å². The Morgan fingerprint density at radius 3 is 2.23 bits per heavy atom. The second-order valence-electron chi connectivity index (χ2n) is 11.3. The van der Waals surface area contributed by atoms with Gasteiger partial charge < -0.3 is 34.1 Å². The van der Waals surface area contributed by atoms with Gasteiger partial charge in [0.2, 0.25) is 0 Å². The molecule has 12 nitrogen and oxygen atoms in total. The molecule has 2 aromatic carbocycles. The van der Waals surface area contributed by atoms with Crippen molar-refractivity contribution in [2.24, 2.45) is 0 Å². The van der Waals surface area contributed by atoms with E-state index >= 15 is 0 Å². The zero-order valence-corrected chi connectivity index (χ0v) is 25.3. The van der Waals surface area contributed by atoms with E-state index in [-0.39, 0.29) is 40.3 Å². The lowest BCUT2D eigenvalue weighted by molar-refractivity contribution is -0.127. The maximum absolute atomic E-state index is 13.8. The van der Waals surface area contributed by atoms with E-state index in [1.807, 2.05) is 37.4 Å². The number of aliphatic hydroxyl groups is 1. The summed E-state index contributed by atoms with van der Waals surface area (Å²) in [6.07, 6.45) is 1.54. The molecule has 2 saturated heterocycles. The Bertz CT molecular complexity index is 1540. The topological polar surface area (TPSA) is 131 Å². The molecule has 1 aromatic heterocycles. The maximum Gasteiger partial charge on any atom is 0.533 e. The van der Waals surface area contributed by atoms with Crippen LogP contribution in [0.25, 0.3) is 10.9 Å². The van der Waals surface area contributed by atoms with Crippen LogP contribution in [-0.4, -0.2) is 114 Å². The first-order chi connectivity index (χ1) is 21.1. The highest BCUT2D eigenvalue weighted by Gasteiger charge is 2.36. The van der Waals surface area contributed by atoms with Gasteiger partial charge in [-0.2, -0.15) is 4.73 Å². The summed E-state index contributed by atoms with van der Waals surface area (Å²) >= 11 is 0. The van der Waals surface area contributed by atoms with Crippen LogP contribution in [-0.2, 0) is 16.0 Å².